The molecule has 0 aromatic rings. The average molecular weight is 199 g/mol. The average Bonchev–Trinajstić information content (AvgIpc) is 2.20. The molecule has 0 aromatic carbocycles. The monoisotopic (exact) mass is 199 g/mol. The summed E-state index contributed by atoms with van der Waals surface area (Å²) < 4.78 is 0. The van der Waals surface area contributed by atoms with Crippen molar-refractivity contribution in [1.82, 2.24) is 5.32 Å². The van der Waals surface area contributed by atoms with Gasteiger partial charge in [-0.25, -0.2) is 0 Å². The van der Waals surface area contributed by atoms with E-state index < -0.39 is 0 Å². The van der Waals surface area contributed by atoms with Gasteiger partial charge < -0.3 is 10.4 Å². The van der Waals surface area contributed by atoms with Crippen LogP contribution in [-0.4, -0.2) is 24.2 Å². The van der Waals surface area contributed by atoms with Crippen LogP contribution in [0, 0.1) is 0 Å². The molecule has 0 aliphatic rings. The van der Waals surface area contributed by atoms with Crippen LogP contribution in [0.15, 0.2) is 12.7 Å². The first-order valence-corrected chi connectivity index (χ1v) is 5.29. The van der Waals surface area contributed by atoms with E-state index in [1.807, 2.05) is 0 Å². The third-order valence-corrected chi connectivity index (χ3v) is 1.98. The van der Waals surface area contributed by atoms with Crippen LogP contribution in [-0.2, 0) is 4.79 Å². The Morgan fingerprint density at radius 2 is 2.00 bits per heavy atom. The Balaban J connectivity index is 3.10. The Hall–Kier alpha value is -0.830. The fourth-order valence-corrected chi connectivity index (χ4v) is 1.14. The predicted octanol–water partition coefficient (Wildman–Crippen LogP) is 1.62. The molecule has 0 unspecified atom stereocenters. The number of aliphatic hydroxyl groups is 1. The van der Waals surface area contributed by atoms with Gasteiger partial charge in [0.1, 0.15) is 0 Å². The van der Waals surface area contributed by atoms with Crippen LogP contribution in [0.4, 0.5) is 0 Å². The number of nitrogens with one attached hydrogen (secondary N) is 1. The molecule has 0 rings (SSSR count). The van der Waals surface area contributed by atoms with Crippen LogP contribution in [0.25, 0.3) is 0 Å². The Bertz CT molecular complexity index is 157. The molecule has 0 saturated heterocycles. The second-order valence-electron chi connectivity index (χ2n) is 3.32. The molecule has 0 radical (unpaired) electrons. The Morgan fingerprint density at radius 3 is 2.64 bits per heavy atom. The van der Waals surface area contributed by atoms with E-state index in [2.05, 4.69) is 11.9 Å². The number of aliphatic hydroxyl groups excluding tert-OH is 1. The number of unbranched alkanes of at least 4 members (excludes halogenated alkanes) is 3. The van der Waals surface area contributed by atoms with Crippen molar-refractivity contribution in [2.24, 2.45) is 0 Å². The Labute approximate surface area is 86.2 Å². The van der Waals surface area contributed by atoms with Crippen LogP contribution in [0.3, 0.4) is 0 Å². The lowest BCUT2D eigenvalue weighted by Crippen LogP contribution is -2.23. The van der Waals surface area contributed by atoms with Gasteiger partial charge in [-0.2, -0.15) is 0 Å². The van der Waals surface area contributed by atoms with Crippen LogP contribution < -0.4 is 5.32 Å². The summed E-state index contributed by atoms with van der Waals surface area (Å²) in [6, 6.07) is 0. The van der Waals surface area contributed by atoms with Gasteiger partial charge >= 0.3 is 0 Å². The van der Waals surface area contributed by atoms with E-state index in [-0.39, 0.29) is 12.5 Å². The predicted molar refractivity (Wildman–Crippen MR) is 58.0 cm³/mol. The highest BCUT2D eigenvalue weighted by molar-refractivity contribution is 5.75. The van der Waals surface area contributed by atoms with Crippen LogP contribution in [0.5, 0.6) is 0 Å². The van der Waals surface area contributed by atoms with Crippen molar-refractivity contribution < 1.29 is 9.90 Å². The molecule has 0 atom stereocenters. The molecular formula is C11H21NO2. The maximum atomic E-state index is 11.1. The standard InChI is InChI=1S/C11H21NO2/c1-2-3-8-11(14)12-9-6-4-5-7-10-13/h2,13H,1,3-10H2,(H,12,14). The summed E-state index contributed by atoms with van der Waals surface area (Å²) in [6.45, 7) is 4.58. The Morgan fingerprint density at radius 1 is 1.29 bits per heavy atom. The molecule has 0 saturated carbocycles. The molecule has 0 fully saturated rings. The minimum absolute atomic E-state index is 0.104. The van der Waals surface area contributed by atoms with Gasteiger partial charge in [0, 0.05) is 19.6 Å². The summed E-state index contributed by atoms with van der Waals surface area (Å²) in [7, 11) is 0. The van der Waals surface area contributed by atoms with E-state index in [9.17, 15) is 4.79 Å². The number of hydrogen-bond acceptors (Lipinski definition) is 2. The van der Waals surface area contributed by atoms with E-state index in [0.29, 0.717) is 6.42 Å². The van der Waals surface area contributed by atoms with Crippen molar-refractivity contribution in [3.8, 4) is 0 Å². The molecule has 2 N–H and O–H groups in total. The van der Waals surface area contributed by atoms with Gasteiger partial charge in [0.05, 0.1) is 0 Å². The highest BCUT2D eigenvalue weighted by atomic mass is 16.2. The third kappa shape index (κ3) is 9.26. The fraction of sp³-hybridized carbons (Fsp3) is 0.727. The summed E-state index contributed by atoms with van der Waals surface area (Å²) in [5.41, 5.74) is 0. The van der Waals surface area contributed by atoms with Crippen molar-refractivity contribution in [3.05, 3.63) is 12.7 Å². The summed E-state index contributed by atoms with van der Waals surface area (Å²) >= 11 is 0. The number of hydrogen-bond donors (Lipinski definition) is 2. The molecule has 1 amide bonds. The molecule has 0 heterocycles. The van der Waals surface area contributed by atoms with E-state index >= 15 is 0 Å². The molecule has 0 spiro atoms. The zero-order valence-electron chi connectivity index (χ0n) is 8.80. The van der Waals surface area contributed by atoms with Crippen molar-refractivity contribution >= 4 is 5.91 Å². The maximum Gasteiger partial charge on any atom is 0.220 e. The van der Waals surface area contributed by atoms with Crippen LogP contribution in [0.1, 0.15) is 38.5 Å². The minimum atomic E-state index is 0.104. The van der Waals surface area contributed by atoms with E-state index in [1.54, 1.807) is 6.08 Å². The molecular weight excluding hydrogens is 178 g/mol. The summed E-state index contributed by atoms with van der Waals surface area (Å²) in [5.74, 6) is 0.104. The largest absolute Gasteiger partial charge is 0.396 e. The lowest BCUT2D eigenvalue weighted by molar-refractivity contribution is -0.121. The molecule has 82 valence electrons. The summed E-state index contributed by atoms with van der Waals surface area (Å²) in [6.07, 6.45) is 7.02. The first kappa shape index (κ1) is 13.2. The normalized spacial score (nSPS) is 9.79. The third-order valence-electron chi connectivity index (χ3n) is 1.98. The zero-order chi connectivity index (χ0) is 10.6. The van der Waals surface area contributed by atoms with E-state index in [4.69, 9.17) is 5.11 Å². The highest BCUT2D eigenvalue weighted by Crippen LogP contribution is 1.97. The SMILES string of the molecule is C=CCCC(=O)NCCCCCCO. The lowest BCUT2D eigenvalue weighted by atomic mass is 10.2. The molecule has 3 heteroatoms. The van der Waals surface area contributed by atoms with Gasteiger partial charge in [0.2, 0.25) is 5.91 Å². The quantitative estimate of drug-likeness (QED) is 0.438. The van der Waals surface area contributed by atoms with Crippen LogP contribution in [0.2, 0.25) is 0 Å². The van der Waals surface area contributed by atoms with Gasteiger partial charge in [0.15, 0.2) is 0 Å². The van der Waals surface area contributed by atoms with E-state index in [1.165, 1.54) is 0 Å². The number of rotatable bonds is 9. The maximum absolute atomic E-state index is 11.1. The van der Waals surface area contributed by atoms with Crippen molar-refractivity contribution in [2.75, 3.05) is 13.2 Å². The van der Waals surface area contributed by atoms with Crippen LogP contribution >= 0.6 is 0 Å². The second-order valence-corrected chi connectivity index (χ2v) is 3.32. The van der Waals surface area contributed by atoms with Crippen molar-refractivity contribution in [2.45, 2.75) is 38.5 Å². The van der Waals surface area contributed by atoms with Crippen molar-refractivity contribution in [3.63, 3.8) is 0 Å². The fourth-order valence-electron chi connectivity index (χ4n) is 1.14. The molecule has 3 nitrogen and oxygen atoms in total. The summed E-state index contributed by atoms with van der Waals surface area (Å²) in [5, 5.41) is 11.4. The number of amides is 1. The molecule has 14 heavy (non-hydrogen) atoms. The van der Waals surface area contributed by atoms with Crippen molar-refractivity contribution in [1.29, 1.82) is 0 Å². The van der Waals surface area contributed by atoms with Gasteiger partial charge in [0.25, 0.3) is 0 Å². The number of allylic oxidation sites excluding steroid dienone is 1. The highest BCUT2D eigenvalue weighted by Gasteiger charge is 1.97. The second kappa shape index (κ2) is 10.3. The first-order chi connectivity index (χ1) is 6.81. The zero-order valence-corrected chi connectivity index (χ0v) is 8.80. The van der Waals surface area contributed by atoms with E-state index in [0.717, 1.165) is 38.6 Å². The van der Waals surface area contributed by atoms with Gasteiger partial charge in [-0.15, -0.1) is 6.58 Å². The number of carbonyl (C=O) groups is 1. The first-order valence-electron chi connectivity index (χ1n) is 5.29. The van der Waals surface area contributed by atoms with Gasteiger partial charge in [-0.05, 0) is 19.3 Å². The number of carbonyl (C=O) groups excluding carboxylic acids is 1. The minimum Gasteiger partial charge on any atom is -0.396 e. The van der Waals surface area contributed by atoms with Gasteiger partial charge in [-0.3, -0.25) is 4.79 Å². The smallest absolute Gasteiger partial charge is 0.220 e. The molecule has 0 aromatic heterocycles. The molecule has 0 aliphatic carbocycles. The topological polar surface area (TPSA) is 49.3 Å². The van der Waals surface area contributed by atoms with Gasteiger partial charge in [-0.1, -0.05) is 18.9 Å². The molecule has 0 bridgehead atoms. The molecule has 0 aliphatic heterocycles. The lowest BCUT2D eigenvalue weighted by Gasteiger charge is -2.03. The Kier molecular flexibility index (Phi) is 9.64. The summed E-state index contributed by atoms with van der Waals surface area (Å²) in [4.78, 5) is 11.1.